The van der Waals surface area contributed by atoms with Gasteiger partial charge < -0.3 is 15.0 Å². The standard InChI is InChI=1S/C17H21N3O/c1-11(2)10-20-14(9-18)8-16(19)17(20)21-15-6-5-12(3)13(4)7-15/h5-8,11H,10,19H2,1-4H3. The molecule has 4 heteroatoms. The Balaban J connectivity index is 2.41. The molecule has 0 amide bonds. The second-order valence-electron chi connectivity index (χ2n) is 5.75. The molecule has 0 aliphatic heterocycles. The Kier molecular flexibility index (Phi) is 4.23. The van der Waals surface area contributed by atoms with E-state index in [0.717, 1.165) is 11.3 Å². The summed E-state index contributed by atoms with van der Waals surface area (Å²) in [7, 11) is 0. The smallest absolute Gasteiger partial charge is 0.224 e. The summed E-state index contributed by atoms with van der Waals surface area (Å²) in [6.45, 7) is 8.98. The average molecular weight is 283 g/mol. The van der Waals surface area contributed by atoms with Crippen LogP contribution >= 0.6 is 0 Å². The van der Waals surface area contributed by atoms with Gasteiger partial charge in [0.2, 0.25) is 5.88 Å². The van der Waals surface area contributed by atoms with E-state index < -0.39 is 0 Å². The van der Waals surface area contributed by atoms with Gasteiger partial charge in [-0.25, -0.2) is 0 Å². The molecule has 0 fully saturated rings. The predicted octanol–water partition coefficient (Wildman–Crippen LogP) is 4.01. The van der Waals surface area contributed by atoms with Gasteiger partial charge in [-0.2, -0.15) is 5.26 Å². The van der Waals surface area contributed by atoms with Crippen molar-refractivity contribution in [3.63, 3.8) is 0 Å². The first-order chi connectivity index (χ1) is 9.92. The van der Waals surface area contributed by atoms with Crippen LogP contribution in [0, 0.1) is 31.1 Å². The van der Waals surface area contributed by atoms with Crippen molar-refractivity contribution in [2.24, 2.45) is 5.92 Å². The van der Waals surface area contributed by atoms with E-state index in [-0.39, 0.29) is 0 Å². The Labute approximate surface area is 125 Å². The average Bonchev–Trinajstić information content (AvgIpc) is 2.70. The molecular weight excluding hydrogens is 262 g/mol. The second kappa shape index (κ2) is 5.92. The summed E-state index contributed by atoms with van der Waals surface area (Å²) >= 11 is 0. The third kappa shape index (κ3) is 3.19. The highest BCUT2D eigenvalue weighted by atomic mass is 16.5. The second-order valence-corrected chi connectivity index (χ2v) is 5.75. The van der Waals surface area contributed by atoms with Crippen molar-refractivity contribution >= 4 is 5.69 Å². The largest absolute Gasteiger partial charge is 0.439 e. The molecule has 1 heterocycles. The van der Waals surface area contributed by atoms with Crippen LogP contribution in [0.4, 0.5) is 5.69 Å². The molecule has 21 heavy (non-hydrogen) atoms. The number of hydrogen-bond donors (Lipinski definition) is 1. The van der Waals surface area contributed by atoms with Crippen molar-refractivity contribution in [2.75, 3.05) is 5.73 Å². The van der Waals surface area contributed by atoms with E-state index in [0.29, 0.717) is 29.7 Å². The van der Waals surface area contributed by atoms with E-state index in [4.69, 9.17) is 10.5 Å². The first kappa shape index (κ1) is 15.0. The van der Waals surface area contributed by atoms with Crippen LogP contribution in [-0.2, 0) is 6.54 Å². The molecule has 0 saturated heterocycles. The normalized spacial score (nSPS) is 10.7. The van der Waals surface area contributed by atoms with Crippen LogP contribution < -0.4 is 10.5 Å². The Morgan fingerprint density at radius 3 is 2.52 bits per heavy atom. The predicted molar refractivity (Wildman–Crippen MR) is 84.4 cm³/mol. The number of anilines is 1. The number of nitriles is 1. The molecule has 0 unspecified atom stereocenters. The summed E-state index contributed by atoms with van der Waals surface area (Å²) in [5.41, 5.74) is 9.41. The van der Waals surface area contributed by atoms with Crippen LogP contribution in [0.15, 0.2) is 24.3 Å². The van der Waals surface area contributed by atoms with Gasteiger partial charge in [0.05, 0.1) is 5.69 Å². The minimum atomic E-state index is 0.394. The number of aromatic nitrogens is 1. The number of ether oxygens (including phenoxy) is 1. The summed E-state index contributed by atoms with van der Waals surface area (Å²) in [6.07, 6.45) is 0. The molecule has 0 bridgehead atoms. The monoisotopic (exact) mass is 283 g/mol. The summed E-state index contributed by atoms with van der Waals surface area (Å²) in [5, 5.41) is 9.23. The van der Waals surface area contributed by atoms with Crippen LogP contribution in [0.1, 0.15) is 30.7 Å². The molecule has 0 radical (unpaired) electrons. The Morgan fingerprint density at radius 1 is 1.24 bits per heavy atom. The highest BCUT2D eigenvalue weighted by molar-refractivity contribution is 5.56. The van der Waals surface area contributed by atoms with E-state index in [1.165, 1.54) is 5.56 Å². The zero-order valence-corrected chi connectivity index (χ0v) is 13.0. The van der Waals surface area contributed by atoms with Gasteiger partial charge in [-0.05, 0) is 43.0 Å². The van der Waals surface area contributed by atoms with Crippen LogP contribution in [-0.4, -0.2) is 4.57 Å². The molecule has 0 saturated carbocycles. The Hall–Kier alpha value is -2.41. The maximum absolute atomic E-state index is 9.23. The SMILES string of the molecule is Cc1ccc(Oc2c(N)cc(C#N)n2CC(C)C)cc1C. The lowest BCUT2D eigenvalue weighted by atomic mass is 10.1. The van der Waals surface area contributed by atoms with Gasteiger partial charge in [0, 0.05) is 12.6 Å². The molecule has 0 aliphatic carbocycles. The van der Waals surface area contributed by atoms with Gasteiger partial charge in [-0.1, -0.05) is 19.9 Å². The molecular formula is C17H21N3O. The molecule has 1 aromatic heterocycles. The Morgan fingerprint density at radius 2 is 1.95 bits per heavy atom. The molecule has 2 rings (SSSR count). The lowest BCUT2D eigenvalue weighted by Gasteiger charge is -2.14. The van der Waals surface area contributed by atoms with Gasteiger partial charge in [0.25, 0.3) is 0 Å². The zero-order valence-electron chi connectivity index (χ0n) is 13.0. The maximum atomic E-state index is 9.23. The molecule has 0 atom stereocenters. The zero-order chi connectivity index (χ0) is 15.6. The summed E-state index contributed by atoms with van der Waals surface area (Å²) < 4.78 is 7.79. The third-order valence-electron chi connectivity index (χ3n) is 3.43. The summed E-state index contributed by atoms with van der Waals surface area (Å²) in [4.78, 5) is 0. The fourth-order valence-corrected chi connectivity index (χ4v) is 2.19. The third-order valence-corrected chi connectivity index (χ3v) is 3.43. The Bertz CT molecular complexity index is 693. The van der Waals surface area contributed by atoms with Crippen LogP contribution in [0.5, 0.6) is 11.6 Å². The number of aryl methyl sites for hydroxylation is 2. The van der Waals surface area contributed by atoms with Crippen molar-refractivity contribution in [3.8, 4) is 17.7 Å². The molecule has 1 aromatic carbocycles. The van der Waals surface area contributed by atoms with Crippen molar-refractivity contribution in [2.45, 2.75) is 34.2 Å². The molecule has 0 spiro atoms. The van der Waals surface area contributed by atoms with Gasteiger partial charge in [-0.3, -0.25) is 0 Å². The fraction of sp³-hybridized carbons (Fsp3) is 0.353. The quantitative estimate of drug-likeness (QED) is 0.922. The fourth-order valence-electron chi connectivity index (χ4n) is 2.19. The highest BCUT2D eigenvalue weighted by Crippen LogP contribution is 2.32. The van der Waals surface area contributed by atoms with E-state index in [1.54, 1.807) is 6.07 Å². The number of nitrogens with two attached hydrogens (primary N) is 1. The topological polar surface area (TPSA) is 64.0 Å². The molecule has 2 aromatic rings. The number of rotatable bonds is 4. The van der Waals surface area contributed by atoms with E-state index in [9.17, 15) is 5.26 Å². The lowest BCUT2D eigenvalue weighted by Crippen LogP contribution is -2.08. The van der Waals surface area contributed by atoms with Gasteiger partial charge >= 0.3 is 0 Å². The highest BCUT2D eigenvalue weighted by Gasteiger charge is 2.16. The summed E-state index contributed by atoms with van der Waals surface area (Å²) in [6, 6.07) is 9.75. The number of hydrogen-bond acceptors (Lipinski definition) is 3. The first-order valence-electron chi connectivity index (χ1n) is 7.06. The number of nitrogens with zero attached hydrogens (tertiary/aromatic N) is 2. The number of benzene rings is 1. The van der Waals surface area contributed by atoms with E-state index in [2.05, 4.69) is 26.8 Å². The van der Waals surface area contributed by atoms with Crippen LogP contribution in [0.25, 0.3) is 0 Å². The van der Waals surface area contributed by atoms with Crippen molar-refractivity contribution in [1.82, 2.24) is 4.57 Å². The van der Waals surface area contributed by atoms with Crippen molar-refractivity contribution < 1.29 is 4.74 Å². The lowest BCUT2D eigenvalue weighted by molar-refractivity contribution is 0.405. The van der Waals surface area contributed by atoms with E-state index >= 15 is 0 Å². The van der Waals surface area contributed by atoms with Gasteiger partial charge in [0.15, 0.2) is 0 Å². The molecule has 4 nitrogen and oxygen atoms in total. The van der Waals surface area contributed by atoms with Crippen molar-refractivity contribution in [3.05, 3.63) is 41.1 Å². The maximum Gasteiger partial charge on any atom is 0.224 e. The minimum Gasteiger partial charge on any atom is -0.439 e. The van der Waals surface area contributed by atoms with Crippen molar-refractivity contribution in [1.29, 1.82) is 5.26 Å². The van der Waals surface area contributed by atoms with Crippen LogP contribution in [0.3, 0.4) is 0 Å². The van der Waals surface area contributed by atoms with Gasteiger partial charge in [-0.15, -0.1) is 0 Å². The minimum absolute atomic E-state index is 0.394. The first-order valence-corrected chi connectivity index (χ1v) is 7.06. The van der Waals surface area contributed by atoms with E-state index in [1.807, 2.05) is 29.7 Å². The van der Waals surface area contributed by atoms with Crippen LogP contribution in [0.2, 0.25) is 0 Å². The molecule has 0 aliphatic rings. The molecule has 110 valence electrons. The molecule has 2 N–H and O–H groups in total. The van der Waals surface area contributed by atoms with Gasteiger partial charge in [0.1, 0.15) is 17.5 Å². The number of nitrogen functional groups attached to an aromatic ring is 1. The summed E-state index contributed by atoms with van der Waals surface area (Å²) in [5.74, 6) is 1.67.